The highest BCUT2D eigenvalue weighted by molar-refractivity contribution is 6.00. The summed E-state index contributed by atoms with van der Waals surface area (Å²) in [4.78, 5) is 16.2. The largest absolute Gasteiger partial charge is 0.507 e. The molecule has 4 heteroatoms. The molecule has 2 aromatic carbocycles. The molecule has 0 fully saturated rings. The molecule has 0 aliphatic rings. The molecule has 2 N–H and O–H groups in total. The normalized spacial score (nSPS) is 11.0. The zero-order valence-corrected chi connectivity index (χ0v) is 14.4. The van der Waals surface area contributed by atoms with Crippen molar-refractivity contribution >= 4 is 16.9 Å². The van der Waals surface area contributed by atoms with Gasteiger partial charge in [0.25, 0.3) is 0 Å². The van der Waals surface area contributed by atoms with Gasteiger partial charge in [-0.2, -0.15) is 0 Å². The Hall–Kier alpha value is -2.88. The number of para-hydroxylation sites is 1. The Morgan fingerprint density at radius 2 is 1.92 bits per heavy atom. The number of unbranched alkanes of at least 4 members (excludes halogenated alkanes) is 1. The fourth-order valence-electron chi connectivity index (χ4n) is 3.24. The third-order valence-corrected chi connectivity index (χ3v) is 4.57. The molecule has 128 valence electrons. The third kappa shape index (κ3) is 3.07. The molecule has 0 aliphatic heterocycles. The minimum absolute atomic E-state index is 0.0171. The van der Waals surface area contributed by atoms with Crippen LogP contribution in [0.15, 0.2) is 42.6 Å². The first kappa shape index (κ1) is 17.0. The number of nitrogens with zero attached hydrogens (tertiary/aromatic N) is 1. The Kier molecular flexibility index (Phi) is 4.70. The lowest BCUT2D eigenvalue weighted by atomic mass is 9.90. The Bertz CT molecular complexity index is 942. The molecule has 0 spiro atoms. The number of fused-ring (bicyclic) bond motifs is 1. The van der Waals surface area contributed by atoms with Gasteiger partial charge in [0.05, 0.1) is 5.52 Å². The summed E-state index contributed by atoms with van der Waals surface area (Å²) in [7, 11) is 0. The summed E-state index contributed by atoms with van der Waals surface area (Å²) in [6.45, 7) is 3.81. The van der Waals surface area contributed by atoms with Crippen molar-refractivity contribution in [2.75, 3.05) is 0 Å². The van der Waals surface area contributed by atoms with E-state index in [0.29, 0.717) is 17.5 Å². The molecule has 4 nitrogen and oxygen atoms in total. The van der Waals surface area contributed by atoms with Crippen molar-refractivity contribution in [1.82, 2.24) is 4.98 Å². The summed E-state index contributed by atoms with van der Waals surface area (Å²) in [5.74, 6) is -1.22. The smallest absolute Gasteiger partial charge is 0.339 e. The lowest BCUT2D eigenvalue weighted by Gasteiger charge is -2.16. The monoisotopic (exact) mass is 335 g/mol. The van der Waals surface area contributed by atoms with Crippen LogP contribution < -0.4 is 0 Å². The van der Waals surface area contributed by atoms with Crippen LogP contribution in [0.25, 0.3) is 22.0 Å². The van der Waals surface area contributed by atoms with Gasteiger partial charge >= 0.3 is 5.97 Å². The van der Waals surface area contributed by atoms with E-state index in [1.807, 2.05) is 36.4 Å². The van der Waals surface area contributed by atoms with E-state index in [0.717, 1.165) is 34.9 Å². The van der Waals surface area contributed by atoms with Crippen LogP contribution in [0.1, 0.15) is 41.3 Å². The van der Waals surface area contributed by atoms with Crippen LogP contribution in [0, 0.1) is 6.92 Å². The summed E-state index contributed by atoms with van der Waals surface area (Å²) in [5, 5.41) is 21.1. The molecule has 3 aromatic rings. The highest BCUT2D eigenvalue weighted by atomic mass is 16.4. The van der Waals surface area contributed by atoms with E-state index in [1.165, 1.54) is 0 Å². The zero-order chi connectivity index (χ0) is 18.0. The van der Waals surface area contributed by atoms with E-state index in [1.54, 1.807) is 13.1 Å². The minimum atomic E-state index is -1.11. The Labute approximate surface area is 146 Å². The second-order valence-electron chi connectivity index (χ2n) is 6.22. The van der Waals surface area contributed by atoms with Crippen LogP contribution in [0.5, 0.6) is 5.75 Å². The van der Waals surface area contributed by atoms with Crippen molar-refractivity contribution in [3.05, 3.63) is 59.3 Å². The highest BCUT2D eigenvalue weighted by Crippen LogP contribution is 2.37. The summed E-state index contributed by atoms with van der Waals surface area (Å²) >= 11 is 0. The van der Waals surface area contributed by atoms with Crippen molar-refractivity contribution in [1.29, 1.82) is 0 Å². The van der Waals surface area contributed by atoms with Gasteiger partial charge in [-0.25, -0.2) is 4.79 Å². The fraction of sp³-hybridized carbons (Fsp3) is 0.238. The molecule has 0 unspecified atom stereocenters. The maximum Gasteiger partial charge on any atom is 0.339 e. The van der Waals surface area contributed by atoms with Gasteiger partial charge in [0.15, 0.2) is 0 Å². The molecule has 1 aromatic heterocycles. The highest BCUT2D eigenvalue weighted by Gasteiger charge is 2.21. The number of aromatic hydroxyl groups is 1. The van der Waals surface area contributed by atoms with Gasteiger partial charge in [-0.3, -0.25) is 4.98 Å². The molecule has 25 heavy (non-hydrogen) atoms. The second-order valence-corrected chi connectivity index (χ2v) is 6.22. The number of hydrogen-bond donors (Lipinski definition) is 2. The van der Waals surface area contributed by atoms with Gasteiger partial charge in [-0.15, -0.1) is 0 Å². The van der Waals surface area contributed by atoms with Crippen molar-refractivity contribution in [3.8, 4) is 16.9 Å². The van der Waals surface area contributed by atoms with E-state index in [9.17, 15) is 15.0 Å². The summed E-state index contributed by atoms with van der Waals surface area (Å²) in [6.07, 6.45) is 4.25. The maximum atomic E-state index is 11.7. The molecule has 0 bridgehead atoms. The first-order valence-corrected chi connectivity index (χ1v) is 8.47. The van der Waals surface area contributed by atoms with Crippen LogP contribution in [0.4, 0.5) is 0 Å². The molecule has 0 saturated carbocycles. The Morgan fingerprint density at radius 1 is 1.16 bits per heavy atom. The number of aryl methyl sites for hydroxylation is 1. The van der Waals surface area contributed by atoms with Crippen LogP contribution in [0.2, 0.25) is 0 Å². The van der Waals surface area contributed by atoms with Gasteiger partial charge < -0.3 is 10.2 Å². The van der Waals surface area contributed by atoms with Crippen molar-refractivity contribution in [2.45, 2.75) is 33.1 Å². The lowest BCUT2D eigenvalue weighted by Crippen LogP contribution is -2.05. The quantitative estimate of drug-likeness (QED) is 0.691. The third-order valence-electron chi connectivity index (χ3n) is 4.57. The lowest BCUT2D eigenvalue weighted by molar-refractivity contribution is 0.0692. The molecule has 0 atom stereocenters. The fourth-order valence-corrected chi connectivity index (χ4v) is 3.24. The SMILES string of the molecule is CCCCc1cc(-c2cccc3cccnc23)c(C)c(C(=O)O)c1O. The number of carbonyl (C=O) groups is 1. The summed E-state index contributed by atoms with van der Waals surface area (Å²) < 4.78 is 0. The van der Waals surface area contributed by atoms with Gasteiger partial charge in [-0.1, -0.05) is 37.6 Å². The van der Waals surface area contributed by atoms with E-state index >= 15 is 0 Å². The Morgan fingerprint density at radius 3 is 2.64 bits per heavy atom. The van der Waals surface area contributed by atoms with E-state index in [4.69, 9.17) is 0 Å². The molecule has 3 rings (SSSR count). The molecule has 0 radical (unpaired) electrons. The maximum absolute atomic E-state index is 11.7. The zero-order valence-electron chi connectivity index (χ0n) is 14.4. The predicted molar refractivity (Wildman–Crippen MR) is 99.2 cm³/mol. The van der Waals surface area contributed by atoms with Crippen LogP contribution in [-0.2, 0) is 6.42 Å². The average Bonchev–Trinajstić information content (AvgIpc) is 2.60. The topological polar surface area (TPSA) is 70.4 Å². The molecular weight excluding hydrogens is 314 g/mol. The molecule has 0 saturated heterocycles. The van der Waals surface area contributed by atoms with Gasteiger partial charge in [-0.05, 0) is 48.6 Å². The van der Waals surface area contributed by atoms with Crippen LogP contribution in [-0.4, -0.2) is 21.2 Å². The number of aromatic nitrogens is 1. The first-order valence-electron chi connectivity index (χ1n) is 8.47. The van der Waals surface area contributed by atoms with Gasteiger partial charge in [0.1, 0.15) is 11.3 Å². The van der Waals surface area contributed by atoms with Crippen molar-refractivity contribution < 1.29 is 15.0 Å². The van der Waals surface area contributed by atoms with Gasteiger partial charge in [0.2, 0.25) is 0 Å². The number of pyridine rings is 1. The van der Waals surface area contributed by atoms with Crippen LogP contribution in [0.3, 0.4) is 0 Å². The van der Waals surface area contributed by atoms with E-state index in [-0.39, 0.29) is 11.3 Å². The van der Waals surface area contributed by atoms with Crippen molar-refractivity contribution in [3.63, 3.8) is 0 Å². The van der Waals surface area contributed by atoms with E-state index < -0.39 is 5.97 Å². The number of phenols is 1. The molecule has 1 heterocycles. The number of benzene rings is 2. The first-order chi connectivity index (χ1) is 12.0. The van der Waals surface area contributed by atoms with Crippen LogP contribution >= 0.6 is 0 Å². The number of aromatic carboxylic acids is 1. The summed E-state index contributed by atoms with van der Waals surface area (Å²) in [6, 6.07) is 11.7. The Balaban J connectivity index is 2.31. The van der Waals surface area contributed by atoms with Gasteiger partial charge in [0, 0.05) is 17.1 Å². The number of carboxylic acid groups (broad SMARTS) is 1. The summed E-state index contributed by atoms with van der Waals surface area (Å²) in [5.41, 5.74) is 3.74. The van der Waals surface area contributed by atoms with E-state index in [2.05, 4.69) is 11.9 Å². The molecular formula is C21H21NO3. The van der Waals surface area contributed by atoms with Crippen molar-refractivity contribution in [2.24, 2.45) is 0 Å². The average molecular weight is 335 g/mol. The predicted octanol–water partition coefficient (Wildman–Crippen LogP) is 4.96. The second kappa shape index (κ2) is 6.93. The molecule has 0 aliphatic carbocycles. The minimum Gasteiger partial charge on any atom is -0.507 e. The number of hydrogen-bond acceptors (Lipinski definition) is 3. The number of rotatable bonds is 5. The molecule has 0 amide bonds. The number of carboxylic acids is 1. The standard InChI is InChI=1S/C21H21NO3/c1-3-4-7-15-12-17(13(2)18(20(15)23)21(24)25)16-10-5-8-14-9-6-11-22-19(14)16/h5-6,8-12,23H,3-4,7H2,1-2H3,(H,24,25).